The zero-order chi connectivity index (χ0) is 15.4. The van der Waals surface area contributed by atoms with Crippen LogP contribution < -0.4 is 15.2 Å². The summed E-state index contributed by atoms with van der Waals surface area (Å²) < 4.78 is 12.4. The maximum atomic E-state index is 6.02. The number of methoxy groups -OCH3 is 1. The van der Waals surface area contributed by atoms with E-state index < -0.39 is 0 Å². The Balaban J connectivity index is 2.26. The molecule has 0 aliphatic rings. The fraction of sp³-hybridized carbons (Fsp3) is 0.294. The number of benzene rings is 2. The minimum absolute atomic E-state index is 0.445. The van der Waals surface area contributed by atoms with E-state index in [0.29, 0.717) is 13.2 Å². The summed E-state index contributed by atoms with van der Waals surface area (Å²) in [6, 6.07) is 10.1. The van der Waals surface area contributed by atoms with Crippen molar-refractivity contribution in [2.24, 2.45) is 5.73 Å². The highest BCUT2D eigenvalue weighted by molar-refractivity contribution is 9.10. The van der Waals surface area contributed by atoms with E-state index in [2.05, 4.69) is 28.9 Å². The topological polar surface area (TPSA) is 44.5 Å². The highest BCUT2D eigenvalue weighted by atomic mass is 79.9. The normalized spacial score (nSPS) is 10.5. The molecule has 2 N–H and O–H groups in total. The molecule has 0 aliphatic carbocycles. The first-order chi connectivity index (χ1) is 10.0. The molecule has 0 unspecified atom stereocenters. The Morgan fingerprint density at radius 1 is 1.10 bits per heavy atom. The third kappa shape index (κ3) is 3.77. The average molecular weight is 350 g/mol. The summed E-state index contributed by atoms with van der Waals surface area (Å²) in [4.78, 5) is 0. The molecule has 3 nitrogen and oxygen atoms in total. The Morgan fingerprint density at radius 3 is 2.52 bits per heavy atom. The van der Waals surface area contributed by atoms with Crippen LogP contribution in [-0.2, 0) is 13.2 Å². The molecule has 0 atom stereocenters. The van der Waals surface area contributed by atoms with Gasteiger partial charge in [0.25, 0.3) is 0 Å². The molecule has 0 spiro atoms. The van der Waals surface area contributed by atoms with Crippen LogP contribution in [0.2, 0.25) is 0 Å². The second-order valence-electron chi connectivity index (χ2n) is 5.02. The summed E-state index contributed by atoms with van der Waals surface area (Å²) in [5.41, 5.74) is 10.1. The van der Waals surface area contributed by atoms with Gasteiger partial charge < -0.3 is 15.2 Å². The second kappa shape index (κ2) is 6.96. The minimum atomic E-state index is 0.445. The van der Waals surface area contributed by atoms with Crippen molar-refractivity contribution < 1.29 is 9.47 Å². The van der Waals surface area contributed by atoms with Crippen LogP contribution >= 0.6 is 15.9 Å². The second-order valence-corrected chi connectivity index (χ2v) is 5.93. The smallest absolute Gasteiger partial charge is 0.127 e. The van der Waals surface area contributed by atoms with Crippen LogP contribution in [0.15, 0.2) is 34.8 Å². The summed E-state index contributed by atoms with van der Waals surface area (Å²) in [5.74, 6) is 1.69. The van der Waals surface area contributed by atoms with Crippen LogP contribution in [0, 0.1) is 13.8 Å². The molecule has 0 fully saturated rings. The Morgan fingerprint density at radius 2 is 1.86 bits per heavy atom. The minimum Gasteiger partial charge on any atom is -0.496 e. The van der Waals surface area contributed by atoms with Gasteiger partial charge in [-0.25, -0.2) is 0 Å². The van der Waals surface area contributed by atoms with Crippen LogP contribution in [0.1, 0.15) is 22.3 Å². The van der Waals surface area contributed by atoms with Gasteiger partial charge in [0.1, 0.15) is 18.1 Å². The highest BCUT2D eigenvalue weighted by Crippen LogP contribution is 2.29. The SMILES string of the molecule is COc1ccc(C)cc1COc1c(C)cc(Br)cc1CN. The van der Waals surface area contributed by atoms with E-state index >= 15 is 0 Å². The lowest BCUT2D eigenvalue weighted by atomic mass is 10.1. The van der Waals surface area contributed by atoms with Crippen LogP contribution in [-0.4, -0.2) is 7.11 Å². The van der Waals surface area contributed by atoms with E-state index in [-0.39, 0.29) is 0 Å². The zero-order valence-corrected chi connectivity index (χ0v) is 14.2. The fourth-order valence-corrected chi connectivity index (χ4v) is 2.95. The number of rotatable bonds is 5. The van der Waals surface area contributed by atoms with Crippen molar-refractivity contribution in [2.45, 2.75) is 27.0 Å². The van der Waals surface area contributed by atoms with Gasteiger partial charge in [-0.15, -0.1) is 0 Å². The van der Waals surface area contributed by atoms with Crippen molar-refractivity contribution in [1.82, 2.24) is 0 Å². The lowest BCUT2D eigenvalue weighted by Crippen LogP contribution is -2.05. The number of halogens is 1. The number of hydrogen-bond donors (Lipinski definition) is 1. The molecule has 0 aliphatic heterocycles. The molecule has 0 saturated heterocycles. The first kappa shape index (κ1) is 15.9. The summed E-state index contributed by atoms with van der Waals surface area (Å²) in [7, 11) is 1.67. The van der Waals surface area contributed by atoms with Crippen molar-refractivity contribution in [2.75, 3.05) is 7.11 Å². The highest BCUT2D eigenvalue weighted by Gasteiger charge is 2.10. The van der Waals surface area contributed by atoms with Gasteiger partial charge in [-0.1, -0.05) is 27.6 Å². The molecular formula is C17H20BrNO2. The summed E-state index contributed by atoms with van der Waals surface area (Å²) in [5, 5.41) is 0. The van der Waals surface area contributed by atoms with Gasteiger partial charge in [-0.3, -0.25) is 0 Å². The maximum Gasteiger partial charge on any atom is 0.127 e. The third-order valence-corrected chi connectivity index (χ3v) is 3.80. The molecule has 112 valence electrons. The molecule has 0 amide bonds. The van der Waals surface area contributed by atoms with E-state index in [9.17, 15) is 0 Å². The van der Waals surface area contributed by atoms with Crippen LogP contribution in [0.3, 0.4) is 0 Å². The third-order valence-electron chi connectivity index (χ3n) is 3.34. The fourth-order valence-electron chi connectivity index (χ4n) is 2.33. The van der Waals surface area contributed by atoms with Crippen LogP contribution in [0.4, 0.5) is 0 Å². The zero-order valence-electron chi connectivity index (χ0n) is 12.6. The Kier molecular flexibility index (Phi) is 5.26. The predicted molar refractivity (Wildman–Crippen MR) is 88.8 cm³/mol. The van der Waals surface area contributed by atoms with Gasteiger partial charge in [0.2, 0.25) is 0 Å². The lowest BCUT2D eigenvalue weighted by Gasteiger charge is -2.16. The van der Waals surface area contributed by atoms with E-state index in [1.54, 1.807) is 7.11 Å². The van der Waals surface area contributed by atoms with Crippen LogP contribution in [0.5, 0.6) is 11.5 Å². The van der Waals surface area contributed by atoms with Gasteiger partial charge in [0.15, 0.2) is 0 Å². The van der Waals surface area contributed by atoms with Gasteiger partial charge in [0.05, 0.1) is 7.11 Å². The summed E-state index contributed by atoms with van der Waals surface area (Å²) in [6.07, 6.45) is 0. The van der Waals surface area contributed by atoms with Crippen molar-refractivity contribution in [3.63, 3.8) is 0 Å². The Labute approximate surface area is 134 Å². The van der Waals surface area contributed by atoms with Gasteiger partial charge in [-0.05, 0) is 43.7 Å². The molecule has 2 rings (SSSR count). The molecule has 0 saturated carbocycles. The number of aryl methyl sites for hydroxylation is 2. The molecule has 2 aromatic carbocycles. The molecule has 4 heteroatoms. The van der Waals surface area contributed by atoms with Gasteiger partial charge in [0, 0.05) is 22.1 Å². The largest absolute Gasteiger partial charge is 0.496 e. The van der Waals surface area contributed by atoms with E-state index in [1.807, 2.05) is 31.2 Å². The Hall–Kier alpha value is -1.52. The van der Waals surface area contributed by atoms with Gasteiger partial charge in [-0.2, -0.15) is 0 Å². The summed E-state index contributed by atoms with van der Waals surface area (Å²) >= 11 is 3.49. The number of hydrogen-bond acceptors (Lipinski definition) is 3. The van der Waals surface area contributed by atoms with E-state index in [4.69, 9.17) is 15.2 Å². The molecule has 21 heavy (non-hydrogen) atoms. The molecule has 0 heterocycles. The number of ether oxygens (including phenoxy) is 2. The predicted octanol–water partition coefficient (Wildman–Crippen LogP) is 4.11. The first-order valence-corrected chi connectivity index (χ1v) is 7.60. The van der Waals surface area contributed by atoms with Crippen molar-refractivity contribution >= 4 is 15.9 Å². The van der Waals surface area contributed by atoms with Crippen molar-refractivity contribution in [3.05, 3.63) is 57.1 Å². The lowest BCUT2D eigenvalue weighted by molar-refractivity contribution is 0.292. The van der Waals surface area contributed by atoms with Crippen molar-refractivity contribution in [1.29, 1.82) is 0 Å². The molecule has 0 radical (unpaired) electrons. The number of nitrogens with two attached hydrogens (primary N) is 1. The Bertz CT molecular complexity index is 641. The van der Waals surface area contributed by atoms with Gasteiger partial charge >= 0.3 is 0 Å². The monoisotopic (exact) mass is 349 g/mol. The van der Waals surface area contributed by atoms with E-state index in [1.165, 1.54) is 5.56 Å². The summed E-state index contributed by atoms with van der Waals surface area (Å²) in [6.45, 7) is 4.98. The first-order valence-electron chi connectivity index (χ1n) is 6.80. The molecular weight excluding hydrogens is 330 g/mol. The standard InChI is InChI=1S/C17H20BrNO2/c1-11-4-5-16(20-3)14(6-11)10-21-17-12(2)7-15(18)8-13(17)9-19/h4-8H,9-10,19H2,1-3H3. The quantitative estimate of drug-likeness (QED) is 0.883. The average Bonchev–Trinajstić information content (AvgIpc) is 2.45. The molecule has 0 bridgehead atoms. The van der Waals surface area contributed by atoms with Crippen molar-refractivity contribution in [3.8, 4) is 11.5 Å². The van der Waals surface area contributed by atoms with E-state index in [0.717, 1.165) is 32.7 Å². The molecule has 0 aromatic heterocycles. The maximum absolute atomic E-state index is 6.02. The van der Waals surface area contributed by atoms with Crippen LogP contribution in [0.25, 0.3) is 0 Å². The molecule has 2 aromatic rings.